The zero-order valence-electron chi connectivity index (χ0n) is 15.3. The molecule has 0 bridgehead atoms. The Hall–Kier alpha value is -1.40. The smallest absolute Gasteiger partial charge is 0.261 e. The average Bonchev–Trinajstić information content (AvgIpc) is 3.02. The molecule has 0 amide bonds. The van der Waals surface area contributed by atoms with Crippen molar-refractivity contribution in [3.8, 4) is 16.9 Å². The molecule has 2 aliphatic heterocycles. The number of fused-ring (bicyclic) bond motifs is 1. The number of rotatable bonds is 2. The number of thiophene rings is 1. The molecule has 4 rings (SSSR count). The van der Waals surface area contributed by atoms with Gasteiger partial charge in [0.05, 0.1) is 6.61 Å². The molecule has 0 aliphatic carbocycles. The van der Waals surface area contributed by atoms with Gasteiger partial charge in [0.25, 0.3) is 5.79 Å². The fourth-order valence-corrected chi connectivity index (χ4v) is 5.30. The van der Waals surface area contributed by atoms with Crippen LogP contribution in [-0.2, 0) is 20.3 Å². The molecule has 2 fully saturated rings. The predicted molar refractivity (Wildman–Crippen MR) is 97.2 cm³/mol. The lowest BCUT2D eigenvalue weighted by molar-refractivity contribution is -0.626. The van der Waals surface area contributed by atoms with Crippen molar-refractivity contribution in [1.29, 1.82) is 0 Å². The number of phenolic OH excluding ortho intramolecular Hbond substituents is 1. The summed E-state index contributed by atoms with van der Waals surface area (Å²) in [7, 11) is 0. The van der Waals surface area contributed by atoms with Crippen LogP contribution in [0.2, 0.25) is 0 Å². The van der Waals surface area contributed by atoms with E-state index in [0.717, 1.165) is 16.7 Å². The van der Waals surface area contributed by atoms with Gasteiger partial charge < -0.3 is 9.84 Å². The second kappa shape index (κ2) is 5.07. The Morgan fingerprint density at radius 2 is 1.84 bits per heavy atom. The van der Waals surface area contributed by atoms with E-state index in [4.69, 9.17) is 14.5 Å². The lowest BCUT2D eigenvalue weighted by Gasteiger charge is -2.61. The molecule has 4 nitrogen and oxygen atoms in total. The molecule has 3 heterocycles. The van der Waals surface area contributed by atoms with E-state index >= 15 is 0 Å². The largest absolute Gasteiger partial charge is 0.508 e. The Labute approximate surface area is 152 Å². The molecule has 0 saturated carbocycles. The van der Waals surface area contributed by atoms with Crippen molar-refractivity contribution in [3.05, 3.63) is 40.6 Å². The highest BCUT2D eigenvalue weighted by atomic mass is 32.1. The average molecular weight is 360 g/mol. The Balaban J connectivity index is 1.90. The van der Waals surface area contributed by atoms with E-state index in [2.05, 4.69) is 40.0 Å². The van der Waals surface area contributed by atoms with Gasteiger partial charge in [0.15, 0.2) is 5.60 Å². The monoisotopic (exact) mass is 360 g/mol. The van der Waals surface area contributed by atoms with E-state index in [1.54, 1.807) is 23.5 Å². The Morgan fingerprint density at radius 1 is 1.08 bits per heavy atom. The lowest BCUT2D eigenvalue weighted by atomic mass is 9.57. The van der Waals surface area contributed by atoms with Crippen LogP contribution in [0.5, 0.6) is 5.75 Å². The fourth-order valence-electron chi connectivity index (χ4n) is 4.63. The van der Waals surface area contributed by atoms with Gasteiger partial charge in [-0.2, -0.15) is 16.2 Å². The summed E-state index contributed by atoms with van der Waals surface area (Å²) >= 11 is 1.63. The first-order chi connectivity index (χ1) is 11.6. The molecule has 2 aliphatic rings. The molecule has 5 heteroatoms. The summed E-state index contributed by atoms with van der Waals surface area (Å²) in [5.41, 5.74) is 1.69. The number of hydrogen-bond donors (Lipinski definition) is 1. The Morgan fingerprint density at radius 3 is 2.40 bits per heavy atom. The van der Waals surface area contributed by atoms with E-state index in [9.17, 15) is 5.11 Å². The molecule has 0 spiro atoms. The minimum absolute atomic E-state index is 0.194. The molecule has 25 heavy (non-hydrogen) atoms. The first-order valence-corrected chi connectivity index (χ1v) is 9.45. The molecule has 0 radical (unpaired) electrons. The van der Waals surface area contributed by atoms with E-state index in [1.165, 1.54) is 0 Å². The lowest BCUT2D eigenvalue weighted by Crippen LogP contribution is -2.73. The summed E-state index contributed by atoms with van der Waals surface area (Å²) in [5.74, 6) is -0.821. The third-order valence-corrected chi connectivity index (χ3v) is 6.23. The molecule has 2 unspecified atom stereocenters. The number of phenols is 1. The highest BCUT2D eigenvalue weighted by molar-refractivity contribution is 7.08. The van der Waals surface area contributed by atoms with E-state index in [1.807, 2.05) is 17.5 Å². The van der Waals surface area contributed by atoms with Crippen LogP contribution < -0.4 is 0 Å². The van der Waals surface area contributed by atoms with Crippen molar-refractivity contribution in [1.82, 2.24) is 0 Å². The van der Waals surface area contributed by atoms with Crippen molar-refractivity contribution < 1.29 is 19.6 Å². The van der Waals surface area contributed by atoms with Gasteiger partial charge in [0.2, 0.25) is 0 Å². The van der Waals surface area contributed by atoms with Crippen LogP contribution in [0, 0.1) is 10.8 Å². The molecule has 2 aromatic rings. The van der Waals surface area contributed by atoms with Crippen molar-refractivity contribution >= 4 is 11.3 Å². The van der Waals surface area contributed by atoms with Crippen LogP contribution in [0.3, 0.4) is 0 Å². The highest BCUT2D eigenvalue weighted by Gasteiger charge is 2.81. The van der Waals surface area contributed by atoms with E-state index < -0.39 is 11.4 Å². The number of aromatic hydroxyl groups is 1. The zero-order valence-corrected chi connectivity index (χ0v) is 16.1. The maximum Gasteiger partial charge on any atom is 0.261 e. The van der Waals surface area contributed by atoms with Crippen molar-refractivity contribution in [2.45, 2.75) is 46.0 Å². The van der Waals surface area contributed by atoms with Crippen LogP contribution in [0.4, 0.5) is 0 Å². The van der Waals surface area contributed by atoms with E-state index in [0.29, 0.717) is 6.61 Å². The zero-order chi connectivity index (χ0) is 18.1. The van der Waals surface area contributed by atoms with Gasteiger partial charge in [-0.05, 0) is 46.2 Å². The van der Waals surface area contributed by atoms with Crippen LogP contribution >= 0.6 is 11.3 Å². The van der Waals surface area contributed by atoms with Crippen LogP contribution in [0.25, 0.3) is 11.1 Å². The third kappa shape index (κ3) is 2.04. The standard InChI is InChI=1S/C20H24O4S/c1-17(2,3)20-18(4,5)12-22-19(20,23-24-20)15-8-14(9-16(21)10-15)13-6-7-25-11-13/h6-11,21H,12H2,1-5H3. The van der Waals surface area contributed by atoms with Gasteiger partial charge in [0.1, 0.15) is 5.75 Å². The van der Waals surface area contributed by atoms with Crippen LogP contribution in [-0.4, -0.2) is 17.3 Å². The molecule has 1 aromatic heterocycles. The molecule has 1 N–H and O–H groups in total. The molecular weight excluding hydrogens is 336 g/mol. The quantitative estimate of drug-likeness (QED) is 0.759. The van der Waals surface area contributed by atoms with Gasteiger partial charge in [-0.25, -0.2) is 4.89 Å². The number of ether oxygens (including phenoxy) is 1. The summed E-state index contributed by atoms with van der Waals surface area (Å²) in [6, 6.07) is 7.56. The topological polar surface area (TPSA) is 47.9 Å². The highest BCUT2D eigenvalue weighted by Crippen LogP contribution is 2.69. The fraction of sp³-hybridized carbons (Fsp3) is 0.500. The van der Waals surface area contributed by atoms with Crippen molar-refractivity contribution in [3.63, 3.8) is 0 Å². The van der Waals surface area contributed by atoms with Gasteiger partial charge in [-0.3, -0.25) is 0 Å². The molecule has 2 atom stereocenters. The van der Waals surface area contributed by atoms with Gasteiger partial charge >= 0.3 is 0 Å². The summed E-state index contributed by atoms with van der Waals surface area (Å²) in [6.45, 7) is 11.2. The summed E-state index contributed by atoms with van der Waals surface area (Å²) in [4.78, 5) is 11.5. The minimum atomic E-state index is -1.02. The SMILES string of the molecule is CC(C)(C)C12OOC1(c1cc(O)cc(-c3ccsc3)c1)OCC2(C)C. The molecule has 1 aromatic carbocycles. The second-order valence-corrected chi connectivity index (χ2v) is 9.45. The Bertz CT molecular complexity index is 806. The summed E-state index contributed by atoms with van der Waals surface area (Å²) < 4.78 is 6.24. The first kappa shape index (κ1) is 17.0. The predicted octanol–water partition coefficient (Wildman–Crippen LogP) is 5.08. The van der Waals surface area contributed by atoms with E-state index in [-0.39, 0.29) is 16.6 Å². The second-order valence-electron chi connectivity index (χ2n) is 8.67. The minimum Gasteiger partial charge on any atom is -0.508 e. The first-order valence-electron chi connectivity index (χ1n) is 8.51. The van der Waals surface area contributed by atoms with Gasteiger partial charge in [-0.15, -0.1) is 0 Å². The normalized spacial score (nSPS) is 30.8. The molecule has 134 valence electrons. The molecular formula is C20H24O4S. The third-order valence-electron chi connectivity index (χ3n) is 5.55. The maximum atomic E-state index is 10.3. The summed E-state index contributed by atoms with van der Waals surface area (Å²) in [5, 5.41) is 14.4. The van der Waals surface area contributed by atoms with Gasteiger partial charge in [-0.1, -0.05) is 34.6 Å². The number of hydrogen-bond acceptors (Lipinski definition) is 5. The van der Waals surface area contributed by atoms with Gasteiger partial charge in [0, 0.05) is 16.4 Å². The van der Waals surface area contributed by atoms with Crippen molar-refractivity contribution in [2.75, 3.05) is 6.61 Å². The Kier molecular flexibility index (Phi) is 3.46. The van der Waals surface area contributed by atoms with Crippen molar-refractivity contribution in [2.24, 2.45) is 10.8 Å². The summed E-state index contributed by atoms with van der Waals surface area (Å²) in [6.07, 6.45) is 0. The van der Waals surface area contributed by atoms with Crippen LogP contribution in [0.1, 0.15) is 40.2 Å². The maximum absolute atomic E-state index is 10.3. The molecule has 2 saturated heterocycles. The van der Waals surface area contributed by atoms with Crippen LogP contribution in [0.15, 0.2) is 35.0 Å². The number of benzene rings is 1.